The van der Waals surface area contributed by atoms with E-state index in [-0.39, 0.29) is 35.1 Å². The van der Waals surface area contributed by atoms with Gasteiger partial charge in [-0.2, -0.15) is 0 Å². The molecular weight excluding hydrogens is 386 g/mol. The van der Waals surface area contributed by atoms with Crippen molar-refractivity contribution in [1.29, 1.82) is 0 Å². The number of benzene rings is 1. The molecule has 2 fully saturated rings. The molecule has 0 bridgehead atoms. The van der Waals surface area contributed by atoms with Crippen molar-refractivity contribution in [3.63, 3.8) is 0 Å². The molecule has 2 atom stereocenters. The van der Waals surface area contributed by atoms with Crippen LogP contribution in [0.1, 0.15) is 89.7 Å². The summed E-state index contributed by atoms with van der Waals surface area (Å²) in [5.74, 6) is -0.763. The topological polar surface area (TPSA) is 55.7 Å². The molecule has 31 heavy (non-hydrogen) atoms. The summed E-state index contributed by atoms with van der Waals surface area (Å²) >= 11 is 0. The Balaban J connectivity index is 1.75. The highest BCUT2D eigenvalue weighted by molar-refractivity contribution is 6.12. The summed E-state index contributed by atoms with van der Waals surface area (Å²) in [7, 11) is 0. The van der Waals surface area contributed by atoms with Crippen molar-refractivity contribution in [2.45, 2.75) is 91.1 Å². The van der Waals surface area contributed by atoms with Gasteiger partial charge in [0.1, 0.15) is 11.9 Å². The molecule has 1 unspecified atom stereocenters. The Labute approximate surface area is 186 Å². The van der Waals surface area contributed by atoms with Crippen molar-refractivity contribution >= 4 is 17.5 Å². The molecule has 1 aromatic rings. The lowest BCUT2D eigenvalue weighted by Gasteiger charge is -2.41. The second kappa shape index (κ2) is 8.72. The molecule has 0 spiro atoms. The number of rotatable bonds is 4. The van der Waals surface area contributed by atoms with Crippen LogP contribution in [0.4, 0.5) is 0 Å². The first kappa shape index (κ1) is 22.0. The number of esters is 1. The van der Waals surface area contributed by atoms with Crippen molar-refractivity contribution in [2.75, 3.05) is 0 Å². The van der Waals surface area contributed by atoms with Crippen LogP contribution in [0, 0.1) is 11.3 Å². The second-order valence-corrected chi connectivity index (χ2v) is 10.3. The van der Waals surface area contributed by atoms with Gasteiger partial charge >= 0.3 is 5.97 Å². The minimum atomic E-state index is -0.363. The largest absolute Gasteiger partial charge is 0.459 e. The Hall–Kier alpha value is -2.23. The summed E-state index contributed by atoms with van der Waals surface area (Å²) in [4.78, 5) is 31.6. The van der Waals surface area contributed by atoms with Crippen LogP contribution in [-0.4, -0.2) is 23.6 Å². The van der Waals surface area contributed by atoms with E-state index < -0.39 is 0 Å². The van der Waals surface area contributed by atoms with Gasteiger partial charge in [0, 0.05) is 23.7 Å². The van der Waals surface area contributed by atoms with Crippen LogP contribution in [0.25, 0.3) is 0 Å². The van der Waals surface area contributed by atoms with Crippen LogP contribution < -0.4 is 0 Å². The van der Waals surface area contributed by atoms with Gasteiger partial charge in [-0.1, -0.05) is 51.5 Å². The first-order valence-corrected chi connectivity index (χ1v) is 11.9. The fraction of sp³-hybridized carbons (Fsp3) is 0.593. The lowest BCUT2D eigenvalue weighted by Crippen LogP contribution is -2.44. The summed E-state index contributed by atoms with van der Waals surface area (Å²) in [5.41, 5.74) is 4.38. The van der Waals surface area contributed by atoms with E-state index in [1.54, 1.807) is 0 Å². The normalized spacial score (nSPS) is 26.3. The number of carbonyl (C=O) groups is 2. The number of fused-ring (bicyclic) bond motifs is 1. The van der Waals surface area contributed by atoms with Crippen LogP contribution in [0.3, 0.4) is 0 Å². The third kappa shape index (κ3) is 4.53. The maximum atomic E-state index is 13.4. The molecule has 2 saturated carbocycles. The highest BCUT2D eigenvalue weighted by Gasteiger charge is 2.47. The molecule has 4 nitrogen and oxygen atoms in total. The van der Waals surface area contributed by atoms with E-state index in [0.29, 0.717) is 17.7 Å². The van der Waals surface area contributed by atoms with E-state index in [2.05, 4.69) is 45.0 Å². The van der Waals surface area contributed by atoms with Gasteiger partial charge in [0.15, 0.2) is 0 Å². The number of hydrogen-bond acceptors (Lipinski definition) is 4. The van der Waals surface area contributed by atoms with Crippen LogP contribution in [0.2, 0.25) is 0 Å². The van der Waals surface area contributed by atoms with Gasteiger partial charge in [-0.3, -0.25) is 9.79 Å². The molecule has 1 aliphatic heterocycles. The molecule has 3 aliphatic rings. The number of Topliss-reactive ketones (excluding diaryl/α,β-unsaturated/α-hetero) is 1. The van der Waals surface area contributed by atoms with Crippen LogP contribution in [0.15, 0.2) is 40.5 Å². The number of aryl methyl sites for hydroxylation is 1. The number of allylic oxidation sites excluding steroid dienone is 1. The highest BCUT2D eigenvalue weighted by atomic mass is 16.5. The van der Waals surface area contributed by atoms with Crippen LogP contribution >= 0.6 is 0 Å². The number of aliphatic imine (C=N–C) groups is 1. The van der Waals surface area contributed by atoms with E-state index in [9.17, 15) is 9.59 Å². The highest BCUT2D eigenvalue weighted by Crippen LogP contribution is 2.47. The third-order valence-electron chi connectivity index (χ3n) is 7.16. The van der Waals surface area contributed by atoms with E-state index in [4.69, 9.17) is 9.73 Å². The number of carbonyl (C=O) groups excluding carboxylic acids is 2. The zero-order chi connectivity index (χ0) is 22.2. The molecule has 1 heterocycles. The van der Waals surface area contributed by atoms with E-state index in [0.717, 1.165) is 49.8 Å². The number of ether oxygens (including phenoxy) is 1. The predicted octanol–water partition coefficient (Wildman–Crippen LogP) is 5.94. The first-order chi connectivity index (χ1) is 14.8. The second-order valence-electron chi connectivity index (χ2n) is 10.3. The van der Waals surface area contributed by atoms with Gasteiger partial charge in [0.25, 0.3) is 0 Å². The summed E-state index contributed by atoms with van der Waals surface area (Å²) in [6.07, 6.45) is 7.53. The fourth-order valence-corrected chi connectivity index (χ4v) is 5.58. The molecule has 0 N–H and O–H groups in total. The lowest BCUT2D eigenvalue weighted by atomic mass is 9.63. The van der Waals surface area contributed by atoms with Crippen molar-refractivity contribution in [3.05, 3.63) is 46.7 Å². The Morgan fingerprint density at radius 2 is 1.74 bits per heavy atom. The zero-order valence-corrected chi connectivity index (χ0v) is 19.4. The maximum Gasteiger partial charge on any atom is 0.336 e. The molecule has 4 heteroatoms. The molecule has 166 valence electrons. The average molecular weight is 422 g/mol. The molecular formula is C27H35NO3. The van der Waals surface area contributed by atoms with Crippen LogP contribution in [0.5, 0.6) is 0 Å². The van der Waals surface area contributed by atoms with E-state index in [1.165, 1.54) is 12.0 Å². The smallest absolute Gasteiger partial charge is 0.336 e. The lowest BCUT2D eigenvalue weighted by molar-refractivity contribution is -0.146. The Morgan fingerprint density at radius 3 is 2.39 bits per heavy atom. The molecule has 4 rings (SSSR count). The number of nitrogens with zero attached hydrogens (tertiary/aromatic N) is 1. The zero-order valence-electron chi connectivity index (χ0n) is 19.4. The SMILES string of the molecule is CCc1ccc([C@H]2C(C(=O)OC3CCCCC3)=C(C)N=C3CC(C)(C)CC(=O)C32)cc1. The van der Waals surface area contributed by atoms with Crippen LogP contribution in [-0.2, 0) is 20.7 Å². The standard InChI is InChI=1S/C27H35NO3/c1-5-18-11-13-19(14-12-18)24-23(26(30)31-20-9-7-6-8-10-20)17(2)28-21-15-27(3,4)16-22(29)25(21)24/h11-14,20,24-25H,5-10,15-16H2,1-4H3/t24-,25?/m0/s1. The van der Waals surface area contributed by atoms with Gasteiger partial charge in [0.05, 0.1) is 11.5 Å². The van der Waals surface area contributed by atoms with E-state index >= 15 is 0 Å². The quantitative estimate of drug-likeness (QED) is 0.565. The minimum absolute atomic E-state index is 0.0176. The summed E-state index contributed by atoms with van der Waals surface area (Å²) in [5, 5.41) is 0. The third-order valence-corrected chi connectivity index (χ3v) is 7.16. The molecule has 0 aromatic heterocycles. The Kier molecular flexibility index (Phi) is 6.18. The van der Waals surface area contributed by atoms with Crippen molar-refractivity contribution in [1.82, 2.24) is 0 Å². The van der Waals surface area contributed by atoms with Gasteiger partial charge in [-0.05, 0) is 62.0 Å². The minimum Gasteiger partial charge on any atom is -0.459 e. The number of hydrogen-bond donors (Lipinski definition) is 0. The molecule has 0 saturated heterocycles. The summed E-state index contributed by atoms with van der Waals surface area (Å²) < 4.78 is 5.98. The van der Waals surface area contributed by atoms with Gasteiger partial charge in [-0.15, -0.1) is 0 Å². The fourth-order valence-electron chi connectivity index (χ4n) is 5.58. The molecule has 0 radical (unpaired) electrons. The Bertz CT molecular complexity index is 916. The van der Waals surface area contributed by atoms with Crippen molar-refractivity contribution in [2.24, 2.45) is 16.3 Å². The molecule has 2 aliphatic carbocycles. The van der Waals surface area contributed by atoms with Crippen molar-refractivity contribution < 1.29 is 14.3 Å². The molecule has 1 aromatic carbocycles. The summed E-state index contributed by atoms with van der Waals surface area (Å²) in [6.45, 7) is 8.28. The maximum absolute atomic E-state index is 13.4. The number of ketones is 1. The summed E-state index contributed by atoms with van der Waals surface area (Å²) in [6, 6.07) is 8.39. The predicted molar refractivity (Wildman–Crippen MR) is 123 cm³/mol. The van der Waals surface area contributed by atoms with Gasteiger partial charge in [0.2, 0.25) is 0 Å². The van der Waals surface area contributed by atoms with E-state index in [1.807, 2.05) is 6.92 Å². The average Bonchev–Trinajstić information content (AvgIpc) is 2.72. The van der Waals surface area contributed by atoms with Crippen molar-refractivity contribution in [3.8, 4) is 0 Å². The first-order valence-electron chi connectivity index (χ1n) is 11.9. The monoisotopic (exact) mass is 421 g/mol. The molecule has 0 amide bonds. The Morgan fingerprint density at radius 1 is 1.06 bits per heavy atom. The van der Waals surface area contributed by atoms with Gasteiger partial charge in [-0.25, -0.2) is 4.79 Å². The van der Waals surface area contributed by atoms with Gasteiger partial charge < -0.3 is 4.74 Å².